The molecule has 1 N–H and O–H groups in total. The molecule has 1 atom stereocenters. The van der Waals surface area contributed by atoms with Gasteiger partial charge in [-0.15, -0.1) is 0 Å². The Morgan fingerprint density at radius 3 is 2.55 bits per heavy atom. The van der Waals surface area contributed by atoms with E-state index in [1.807, 2.05) is 6.07 Å². The Bertz CT molecular complexity index is 534. The highest BCUT2D eigenvalue weighted by Crippen LogP contribution is 2.16. The number of hydrogen-bond acceptors (Lipinski definition) is 4. The molecule has 0 spiro atoms. The van der Waals surface area contributed by atoms with Crippen LogP contribution in [0.15, 0.2) is 47.1 Å². The Morgan fingerprint density at radius 1 is 1.25 bits per heavy atom. The Hall–Kier alpha value is -2.27. The molecule has 2 rings (SSSR count). The third-order valence-corrected chi connectivity index (χ3v) is 2.95. The molecule has 1 aromatic carbocycles. The van der Waals surface area contributed by atoms with E-state index in [0.717, 1.165) is 0 Å². The van der Waals surface area contributed by atoms with Crippen molar-refractivity contribution in [2.45, 2.75) is 6.10 Å². The number of nitrogens with one attached hydrogen (secondary N) is 1. The maximum atomic E-state index is 12.0. The Kier molecular flexibility index (Phi) is 4.79. The van der Waals surface area contributed by atoms with Crippen LogP contribution in [0, 0.1) is 0 Å². The van der Waals surface area contributed by atoms with Crippen LogP contribution in [-0.2, 0) is 4.74 Å². The average molecular weight is 275 g/mol. The van der Waals surface area contributed by atoms with Crippen molar-refractivity contribution >= 4 is 5.91 Å². The molecular formula is C15H17NO4. The molecule has 0 saturated carbocycles. The van der Waals surface area contributed by atoms with Gasteiger partial charge in [-0.05, 0) is 36.4 Å². The summed E-state index contributed by atoms with van der Waals surface area (Å²) in [7, 11) is 3.16. The van der Waals surface area contributed by atoms with E-state index in [-0.39, 0.29) is 12.0 Å². The molecule has 106 valence electrons. The van der Waals surface area contributed by atoms with Crippen LogP contribution in [-0.4, -0.2) is 26.7 Å². The molecule has 5 heteroatoms. The van der Waals surface area contributed by atoms with Crippen LogP contribution in [0.4, 0.5) is 0 Å². The first kappa shape index (κ1) is 14.1. The molecule has 1 heterocycles. The van der Waals surface area contributed by atoms with Crippen molar-refractivity contribution in [3.05, 3.63) is 54.0 Å². The zero-order chi connectivity index (χ0) is 14.4. The summed E-state index contributed by atoms with van der Waals surface area (Å²) in [6, 6.07) is 10.5. The second kappa shape index (κ2) is 6.77. The third kappa shape index (κ3) is 3.39. The molecule has 0 aliphatic heterocycles. The monoisotopic (exact) mass is 275 g/mol. The number of methoxy groups -OCH3 is 2. The van der Waals surface area contributed by atoms with Gasteiger partial charge in [0.05, 0.1) is 19.9 Å². The molecule has 5 nitrogen and oxygen atoms in total. The summed E-state index contributed by atoms with van der Waals surface area (Å²) in [5.74, 6) is 1.23. The summed E-state index contributed by atoms with van der Waals surface area (Å²) in [6.07, 6.45) is 1.28. The standard InChI is InChI=1S/C15H17NO4/c1-18-12-7-5-11(6-8-12)15(17)16-10-14(19-2)13-4-3-9-20-13/h3-9,14H,10H2,1-2H3,(H,16,17). The van der Waals surface area contributed by atoms with Gasteiger partial charge in [-0.1, -0.05) is 0 Å². The zero-order valence-corrected chi connectivity index (χ0v) is 11.5. The maximum absolute atomic E-state index is 12.0. The van der Waals surface area contributed by atoms with Gasteiger partial charge in [0.2, 0.25) is 0 Å². The van der Waals surface area contributed by atoms with Crippen molar-refractivity contribution in [2.24, 2.45) is 0 Å². The molecule has 0 aliphatic carbocycles. The average Bonchev–Trinajstić information content (AvgIpc) is 3.02. The van der Waals surface area contributed by atoms with E-state index in [4.69, 9.17) is 13.9 Å². The summed E-state index contributed by atoms with van der Waals surface area (Å²) >= 11 is 0. The highest BCUT2D eigenvalue weighted by molar-refractivity contribution is 5.94. The summed E-state index contributed by atoms with van der Waals surface area (Å²) < 4.78 is 15.6. The lowest BCUT2D eigenvalue weighted by Gasteiger charge is -2.13. The highest BCUT2D eigenvalue weighted by Gasteiger charge is 2.15. The molecule has 1 aromatic heterocycles. The molecule has 0 radical (unpaired) electrons. The largest absolute Gasteiger partial charge is 0.497 e. The number of carbonyl (C=O) groups excluding carboxylic acids is 1. The minimum atomic E-state index is -0.299. The fourth-order valence-electron chi connectivity index (χ4n) is 1.80. The third-order valence-electron chi connectivity index (χ3n) is 2.95. The number of carbonyl (C=O) groups is 1. The van der Waals surface area contributed by atoms with E-state index in [1.165, 1.54) is 0 Å². The molecule has 2 aromatic rings. The van der Waals surface area contributed by atoms with Gasteiger partial charge in [-0.25, -0.2) is 0 Å². The van der Waals surface area contributed by atoms with E-state index in [9.17, 15) is 4.79 Å². The van der Waals surface area contributed by atoms with E-state index >= 15 is 0 Å². The SMILES string of the molecule is COc1ccc(C(=O)NCC(OC)c2ccco2)cc1. The smallest absolute Gasteiger partial charge is 0.251 e. The predicted octanol–water partition coefficient (Wildman–Crippen LogP) is 2.41. The second-order valence-electron chi connectivity index (χ2n) is 4.18. The van der Waals surface area contributed by atoms with Crippen LogP contribution in [0.1, 0.15) is 22.2 Å². The fourth-order valence-corrected chi connectivity index (χ4v) is 1.80. The van der Waals surface area contributed by atoms with Crippen molar-refractivity contribution < 1.29 is 18.7 Å². The van der Waals surface area contributed by atoms with Gasteiger partial charge in [0, 0.05) is 12.7 Å². The number of furan rings is 1. The van der Waals surface area contributed by atoms with Gasteiger partial charge in [-0.2, -0.15) is 0 Å². The van der Waals surface area contributed by atoms with Gasteiger partial charge < -0.3 is 19.2 Å². The van der Waals surface area contributed by atoms with Crippen molar-refractivity contribution in [3.8, 4) is 5.75 Å². The normalized spacial score (nSPS) is 11.9. The Morgan fingerprint density at radius 2 is 2.00 bits per heavy atom. The molecule has 0 saturated heterocycles. The van der Waals surface area contributed by atoms with Crippen LogP contribution >= 0.6 is 0 Å². The summed E-state index contributed by atoms with van der Waals surface area (Å²) in [4.78, 5) is 12.0. The maximum Gasteiger partial charge on any atom is 0.251 e. The molecule has 1 amide bonds. The summed E-state index contributed by atoms with van der Waals surface area (Å²) in [6.45, 7) is 0.342. The van der Waals surface area contributed by atoms with Gasteiger partial charge >= 0.3 is 0 Å². The molecule has 20 heavy (non-hydrogen) atoms. The minimum absolute atomic E-state index is 0.166. The number of rotatable bonds is 6. The van der Waals surface area contributed by atoms with Crippen LogP contribution in [0.2, 0.25) is 0 Å². The molecule has 0 fully saturated rings. The van der Waals surface area contributed by atoms with Crippen LogP contribution in [0.5, 0.6) is 5.75 Å². The quantitative estimate of drug-likeness (QED) is 0.879. The van der Waals surface area contributed by atoms with Crippen molar-refractivity contribution in [1.82, 2.24) is 5.32 Å². The van der Waals surface area contributed by atoms with Crippen LogP contribution in [0.3, 0.4) is 0 Å². The molecule has 1 unspecified atom stereocenters. The first-order chi connectivity index (χ1) is 9.74. The lowest BCUT2D eigenvalue weighted by molar-refractivity contribution is 0.0738. The molecule has 0 aliphatic rings. The molecular weight excluding hydrogens is 258 g/mol. The molecule has 0 bridgehead atoms. The topological polar surface area (TPSA) is 60.7 Å². The van der Waals surface area contributed by atoms with Gasteiger partial charge in [-0.3, -0.25) is 4.79 Å². The van der Waals surface area contributed by atoms with Gasteiger partial charge in [0.25, 0.3) is 5.91 Å². The van der Waals surface area contributed by atoms with Crippen molar-refractivity contribution in [1.29, 1.82) is 0 Å². The minimum Gasteiger partial charge on any atom is -0.497 e. The zero-order valence-electron chi connectivity index (χ0n) is 11.5. The Balaban J connectivity index is 1.93. The summed E-state index contributed by atoms with van der Waals surface area (Å²) in [5.41, 5.74) is 0.570. The van der Waals surface area contributed by atoms with Crippen LogP contribution < -0.4 is 10.1 Å². The van der Waals surface area contributed by atoms with E-state index in [0.29, 0.717) is 23.6 Å². The van der Waals surface area contributed by atoms with E-state index in [1.54, 1.807) is 50.8 Å². The first-order valence-corrected chi connectivity index (χ1v) is 6.23. The van der Waals surface area contributed by atoms with Crippen molar-refractivity contribution in [2.75, 3.05) is 20.8 Å². The van der Waals surface area contributed by atoms with Gasteiger partial charge in [0.1, 0.15) is 17.6 Å². The second-order valence-corrected chi connectivity index (χ2v) is 4.18. The number of amides is 1. The van der Waals surface area contributed by atoms with Crippen LogP contribution in [0.25, 0.3) is 0 Å². The number of benzene rings is 1. The van der Waals surface area contributed by atoms with E-state index < -0.39 is 0 Å². The number of ether oxygens (including phenoxy) is 2. The first-order valence-electron chi connectivity index (χ1n) is 6.23. The Labute approximate surface area is 117 Å². The van der Waals surface area contributed by atoms with E-state index in [2.05, 4.69) is 5.32 Å². The summed E-state index contributed by atoms with van der Waals surface area (Å²) in [5, 5.41) is 2.81. The van der Waals surface area contributed by atoms with Crippen molar-refractivity contribution in [3.63, 3.8) is 0 Å². The lowest BCUT2D eigenvalue weighted by atomic mass is 10.2. The highest BCUT2D eigenvalue weighted by atomic mass is 16.5. The lowest BCUT2D eigenvalue weighted by Crippen LogP contribution is -2.28. The van der Waals surface area contributed by atoms with Gasteiger partial charge in [0.15, 0.2) is 0 Å². The fraction of sp³-hybridized carbons (Fsp3) is 0.267. The number of hydrogen-bond donors (Lipinski definition) is 1. The predicted molar refractivity (Wildman–Crippen MR) is 73.8 cm³/mol.